The Kier molecular flexibility index (Phi) is 6.62. The van der Waals surface area contributed by atoms with E-state index in [1.165, 1.54) is 18.3 Å². The van der Waals surface area contributed by atoms with E-state index in [0.29, 0.717) is 41.8 Å². The van der Waals surface area contributed by atoms with E-state index in [0.717, 1.165) is 5.56 Å². The molecule has 0 aliphatic carbocycles. The lowest BCUT2D eigenvalue weighted by Crippen LogP contribution is -2.29. The monoisotopic (exact) mass is 355 g/mol. The van der Waals surface area contributed by atoms with Crippen LogP contribution in [-0.2, 0) is 11.2 Å². The van der Waals surface area contributed by atoms with Crippen molar-refractivity contribution in [2.45, 2.75) is 12.8 Å². The highest BCUT2D eigenvalue weighted by atomic mass is 35.5. The summed E-state index contributed by atoms with van der Waals surface area (Å²) in [5.41, 5.74) is 0.928. The minimum atomic E-state index is -0.279. The second-order valence-electron chi connectivity index (χ2n) is 4.89. The normalized spacial score (nSPS) is 10.4. The highest BCUT2D eigenvalue weighted by Gasteiger charge is 2.04. The van der Waals surface area contributed by atoms with Gasteiger partial charge in [-0.25, -0.2) is 9.37 Å². The van der Waals surface area contributed by atoms with Crippen LogP contribution in [0.5, 0.6) is 0 Å². The second kappa shape index (κ2) is 8.70. The fourth-order valence-corrected chi connectivity index (χ4v) is 2.37. The Labute approximate surface area is 144 Å². The molecule has 0 saturated heterocycles. The third-order valence-corrected chi connectivity index (χ3v) is 3.60. The van der Waals surface area contributed by atoms with Crippen LogP contribution in [0.2, 0.25) is 10.0 Å². The topological polar surface area (TPSA) is 54.0 Å². The van der Waals surface area contributed by atoms with Gasteiger partial charge in [-0.2, -0.15) is 0 Å². The zero-order valence-electron chi connectivity index (χ0n) is 12.3. The molecule has 0 atom stereocenters. The van der Waals surface area contributed by atoms with Crippen LogP contribution >= 0.6 is 23.2 Å². The van der Waals surface area contributed by atoms with Crippen molar-refractivity contribution >= 4 is 34.9 Å². The molecule has 2 N–H and O–H groups in total. The summed E-state index contributed by atoms with van der Waals surface area (Å²) in [5, 5.41) is 6.71. The lowest BCUT2D eigenvalue weighted by Gasteiger charge is -2.09. The molecule has 2 rings (SSSR count). The molecule has 1 amide bonds. The molecule has 122 valence electrons. The lowest BCUT2D eigenvalue weighted by molar-refractivity contribution is -0.120. The van der Waals surface area contributed by atoms with Gasteiger partial charge in [-0.05, 0) is 30.2 Å². The molecule has 0 aliphatic heterocycles. The zero-order valence-corrected chi connectivity index (χ0v) is 13.8. The van der Waals surface area contributed by atoms with Gasteiger partial charge in [0.05, 0.1) is 10.0 Å². The number of benzene rings is 1. The highest BCUT2D eigenvalue weighted by molar-refractivity contribution is 6.35. The van der Waals surface area contributed by atoms with Crippen molar-refractivity contribution in [2.24, 2.45) is 0 Å². The molecule has 1 aromatic carbocycles. The predicted molar refractivity (Wildman–Crippen MR) is 90.5 cm³/mol. The number of pyridine rings is 1. The van der Waals surface area contributed by atoms with Crippen LogP contribution in [0.3, 0.4) is 0 Å². The Hall–Kier alpha value is -1.85. The maximum absolute atomic E-state index is 12.8. The molecule has 0 unspecified atom stereocenters. The van der Waals surface area contributed by atoms with Gasteiger partial charge in [0.15, 0.2) is 0 Å². The molecule has 23 heavy (non-hydrogen) atoms. The van der Waals surface area contributed by atoms with E-state index in [1.54, 1.807) is 18.2 Å². The first kappa shape index (κ1) is 17.5. The first-order valence-corrected chi connectivity index (χ1v) is 7.86. The fourth-order valence-electron chi connectivity index (χ4n) is 1.92. The van der Waals surface area contributed by atoms with E-state index in [2.05, 4.69) is 15.6 Å². The largest absolute Gasteiger partial charge is 0.367 e. The Bertz CT molecular complexity index is 665. The van der Waals surface area contributed by atoms with Crippen LogP contribution in [0.1, 0.15) is 12.0 Å². The average Bonchev–Trinajstić information content (AvgIpc) is 2.52. The average molecular weight is 356 g/mol. The third-order valence-electron chi connectivity index (χ3n) is 3.10. The van der Waals surface area contributed by atoms with Gasteiger partial charge in [-0.3, -0.25) is 4.79 Å². The van der Waals surface area contributed by atoms with E-state index in [-0.39, 0.29) is 11.7 Å². The van der Waals surface area contributed by atoms with Crippen molar-refractivity contribution < 1.29 is 9.18 Å². The number of hydrogen-bond donors (Lipinski definition) is 2. The van der Waals surface area contributed by atoms with Crippen molar-refractivity contribution in [3.8, 4) is 0 Å². The van der Waals surface area contributed by atoms with Gasteiger partial charge >= 0.3 is 0 Å². The summed E-state index contributed by atoms with van der Waals surface area (Å²) in [6.07, 6.45) is 2.42. The Balaban J connectivity index is 1.65. The molecule has 1 heterocycles. The zero-order chi connectivity index (χ0) is 16.7. The van der Waals surface area contributed by atoms with Crippen molar-refractivity contribution in [3.63, 3.8) is 0 Å². The fraction of sp³-hybridized carbons (Fsp3) is 0.250. The van der Waals surface area contributed by atoms with Gasteiger partial charge in [-0.15, -0.1) is 0 Å². The van der Waals surface area contributed by atoms with E-state index in [9.17, 15) is 9.18 Å². The van der Waals surface area contributed by atoms with Gasteiger partial charge < -0.3 is 10.6 Å². The van der Waals surface area contributed by atoms with Crippen LogP contribution in [-0.4, -0.2) is 24.0 Å². The summed E-state index contributed by atoms with van der Waals surface area (Å²) in [6.45, 7) is 0.944. The minimum Gasteiger partial charge on any atom is -0.367 e. The number of aryl methyl sites for hydroxylation is 1. The number of rotatable bonds is 7. The van der Waals surface area contributed by atoms with E-state index in [4.69, 9.17) is 23.2 Å². The number of nitrogens with zero attached hydrogens (tertiary/aromatic N) is 1. The first-order chi connectivity index (χ1) is 11.0. The van der Waals surface area contributed by atoms with E-state index < -0.39 is 0 Å². The number of nitrogens with one attached hydrogen (secondary N) is 2. The molecule has 0 saturated carbocycles. The van der Waals surface area contributed by atoms with Crippen molar-refractivity contribution in [1.29, 1.82) is 0 Å². The molecular weight excluding hydrogens is 340 g/mol. The van der Waals surface area contributed by atoms with Crippen molar-refractivity contribution in [2.75, 3.05) is 18.4 Å². The first-order valence-electron chi connectivity index (χ1n) is 7.10. The summed E-state index contributed by atoms with van der Waals surface area (Å²) >= 11 is 11.7. The van der Waals surface area contributed by atoms with Gasteiger partial charge in [0.2, 0.25) is 5.91 Å². The highest BCUT2D eigenvalue weighted by Crippen LogP contribution is 2.21. The van der Waals surface area contributed by atoms with Crippen molar-refractivity contribution in [3.05, 3.63) is 58.0 Å². The SMILES string of the molecule is O=C(CCc1ccc(F)cc1)NCCNc1ncc(Cl)cc1Cl. The molecule has 7 heteroatoms. The smallest absolute Gasteiger partial charge is 0.220 e. The van der Waals surface area contributed by atoms with Crippen LogP contribution in [0.4, 0.5) is 10.2 Å². The lowest BCUT2D eigenvalue weighted by atomic mass is 10.1. The summed E-state index contributed by atoms with van der Waals surface area (Å²) in [6, 6.07) is 7.73. The van der Waals surface area contributed by atoms with E-state index in [1.807, 2.05) is 0 Å². The number of halogens is 3. The standard InChI is InChI=1S/C16H16Cl2FN3O/c17-12-9-14(18)16(22-10-12)21-8-7-20-15(23)6-3-11-1-4-13(19)5-2-11/h1-2,4-5,9-10H,3,6-8H2,(H,20,23)(H,21,22). The molecule has 1 aromatic heterocycles. The summed E-state index contributed by atoms with van der Waals surface area (Å²) in [5.74, 6) is 0.182. The minimum absolute atomic E-state index is 0.0636. The van der Waals surface area contributed by atoms with Crippen LogP contribution in [0.25, 0.3) is 0 Å². The van der Waals surface area contributed by atoms with Gasteiger partial charge in [0, 0.05) is 25.7 Å². The molecule has 4 nitrogen and oxygen atoms in total. The number of hydrogen-bond acceptors (Lipinski definition) is 3. The van der Waals surface area contributed by atoms with Gasteiger partial charge in [0.1, 0.15) is 11.6 Å². The van der Waals surface area contributed by atoms with Crippen LogP contribution in [0, 0.1) is 5.82 Å². The maximum atomic E-state index is 12.8. The predicted octanol–water partition coefficient (Wildman–Crippen LogP) is 3.69. The Morgan fingerprint density at radius 2 is 1.91 bits per heavy atom. The van der Waals surface area contributed by atoms with Gasteiger partial charge in [-0.1, -0.05) is 35.3 Å². The number of aromatic nitrogens is 1. The van der Waals surface area contributed by atoms with Crippen LogP contribution < -0.4 is 10.6 Å². The number of carbonyl (C=O) groups is 1. The third kappa shape index (κ3) is 6.04. The summed E-state index contributed by atoms with van der Waals surface area (Å²) < 4.78 is 12.8. The summed E-state index contributed by atoms with van der Waals surface area (Å²) in [7, 11) is 0. The molecule has 2 aromatic rings. The molecule has 0 spiro atoms. The van der Waals surface area contributed by atoms with Gasteiger partial charge in [0.25, 0.3) is 0 Å². The Morgan fingerprint density at radius 3 is 2.61 bits per heavy atom. The molecule has 0 radical (unpaired) electrons. The molecule has 0 fully saturated rings. The van der Waals surface area contributed by atoms with E-state index >= 15 is 0 Å². The van der Waals surface area contributed by atoms with Crippen molar-refractivity contribution in [1.82, 2.24) is 10.3 Å². The quantitative estimate of drug-likeness (QED) is 0.744. The number of amides is 1. The number of carbonyl (C=O) groups excluding carboxylic acids is 1. The number of anilines is 1. The second-order valence-corrected chi connectivity index (χ2v) is 5.73. The molecular formula is C16H16Cl2FN3O. The maximum Gasteiger partial charge on any atom is 0.220 e. The molecule has 0 bridgehead atoms. The summed E-state index contributed by atoms with van der Waals surface area (Å²) in [4.78, 5) is 15.8. The molecule has 0 aliphatic rings. The Morgan fingerprint density at radius 1 is 1.17 bits per heavy atom. The van der Waals surface area contributed by atoms with Crippen LogP contribution in [0.15, 0.2) is 36.5 Å².